The van der Waals surface area contributed by atoms with Crippen LogP contribution in [-0.4, -0.2) is 27.6 Å². The summed E-state index contributed by atoms with van der Waals surface area (Å²) in [5.74, 6) is 1.49. The molecule has 0 aliphatic carbocycles. The minimum Gasteiger partial charge on any atom is -0.342 e. The van der Waals surface area contributed by atoms with E-state index in [1.54, 1.807) is 12.1 Å². The van der Waals surface area contributed by atoms with Crippen LogP contribution < -0.4 is 4.90 Å². The molecule has 21 heavy (non-hydrogen) atoms. The zero-order chi connectivity index (χ0) is 14.8. The Bertz CT molecular complexity index is 627. The van der Waals surface area contributed by atoms with Gasteiger partial charge in [0.1, 0.15) is 0 Å². The van der Waals surface area contributed by atoms with E-state index < -0.39 is 0 Å². The van der Waals surface area contributed by atoms with E-state index in [9.17, 15) is 10.1 Å². The number of aryl methyl sites for hydroxylation is 1. The second-order valence-corrected chi connectivity index (χ2v) is 5.45. The smallest absolute Gasteiger partial charge is 0.269 e. The SMILES string of the molecule is Cn1ccnc1N1CCC(c2ccc([N+](=O)[O-])cc2)CC1. The molecule has 1 aliphatic heterocycles. The standard InChI is InChI=1S/C15H18N4O2/c1-17-11-8-16-15(17)18-9-6-13(7-10-18)12-2-4-14(5-3-12)19(20)21/h2-5,8,11,13H,6-7,9-10H2,1H3. The molecule has 1 saturated heterocycles. The predicted molar refractivity (Wildman–Crippen MR) is 80.5 cm³/mol. The minimum atomic E-state index is -0.354. The number of nitrogens with zero attached hydrogens (tertiary/aromatic N) is 4. The number of piperidine rings is 1. The Morgan fingerprint density at radius 1 is 1.24 bits per heavy atom. The average molecular weight is 286 g/mol. The molecule has 2 heterocycles. The van der Waals surface area contributed by atoms with Gasteiger partial charge in [-0.1, -0.05) is 12.1 Å². The van der Waals surface area contributed by atoms with Crippen molar-refractivity contribution in [2.45, 2.75) is 18.8 Å². The summed E-state index contributed by atoms with van der Waals surface area (Å²) in [4.78, 5) is 17.0. The Morgan fingerprint density at radius 2 is 1.90 bits per heavy atom. The minimum absolute atomic E-state index is 0.157. The number of rotatable bonds is 3. The van der Waals surface area contributed by atoms with Gasteiger partial charge in [0.2, 0.25) is 5.95 Å². The van der Waals surface area contributed by atoms with E-state index in [0.29, 0.717) is 5.92 Å². The molecule has 0 N–H and O–H groups in total. The third-order valence-corrected chi connectivity index (χ3v) is 4.15. The van der Waals surface area contributed by atoms with Crippen LogP contribution in [0.25, 0.3) is 0 Å². The first-order valence-electron chi connectivity index (χ1n) is 7.12. The molecule has 6 heteroatoms. The number of nitro groups is 1. The van der Waals surface area contributed by atoms with Gasteiger partial charge < -0.3 is 9.47 Å². The van der Waals surface area contributed by atoms with Gasteiger partial charge in [-0.05, 0) is 24.3 Å². The van der Waals surface area contributed by atoms with Gasteiger partial charge in [0.05, 0.1) is 4.92 Å². The number of aromatic nitrogens is 2. The van der Waals surface area contributed by atoms with Crippen LogP contribution in [0.5, 0.6) is 0 Å². The van der Waals surface area contributed by atoms with E-state index in [0.717, 1.165) is 31.9 Å². The summed E-state index contributed by atoms with van der Waals surface area (Å²) in [7, 11) is 2.00. The highest BCUT2D eigenvalue weighted by Crippen LogP contribution is 2.30. The molecule has 0 unspecified atom stereocenters. The maximum atomic E-state index is 10.7. The van der Waals surface area contributed by atoms with Crippen LogP contribution in [0.3, 0.4) is 0 Å². The summed E-state index contributed by atoms with van der Waals surface area (Å²) < 4.78 is 2.03. The second-order valence-electron chi connectivity index (χ2n) is 5.45. The van der Waals surface area contributed by atoms with Crippen molar-refractivity contribution < 1.29 is 4.92 Å². The Morgan fingerprint density at radius 3 is 2.43 bits per heavy atom. The first-order chi connectivity index (χ1) is 10.1. The van der Waals surface area contributed by atoms with Crippen LogP contribution >= 0.6 is 0 Å². The molecule has 0 saturated carbocycles. The van der Waals surface area contributed by atoms with Gasteiger partial charge in [0, 0.05) is 44.7 Å². The lowest BCUT2D eigenvalue weighted by Crippen LogP contribution is -2.34. The van der Waals surface area contributed by atoms with Gasteiger partial charge in [-0.25, -0.2) is 4.98 Å². The van der Waals surface area contributed by atoms with E-state index >= 15 is 0 Å². The normalized spacial score (nSPS) is 16.1. The average Bonchev–Trinajstić information content (AvgIpc) is 2.94. The predicted octanol–water partition coefficient (Wildman–Crippen LogP) is 2.71. The summed E-state index contributed by atoms with van der Waals surface area (Å²) in [5.41, 5.74) is 1.35. The Labute approximate surface area is 123 Å². The lowest BCUT2D eigenvalue weighted by Gasteiger charge is -2.32. The van der Waals surface area contributed by atoms with E-state index in [1.807, 2.05) is 36.1 Å². The van der Waals surface area contributed by atoms with Gasteiger partial charge in [0.25, 0.3) is 5.69 Å². The molecular formula is C15H18N4O2. The molecule has 0 radical (unpaired) electrons. The maximum absolute atomic E-state index is 10.7. The fraction of sp³-hybridized carbons (Fsp3) is 0.400. The van der Waals surface area contributed by atoms with Crippen molar-refractivity contribution in [1.82, 2.24) is 9.55 Å². The second kappa shape index (κ2) is 5.55. The monoisotopic (exact) mass is 286 g/mol. The summed E-state index contributed by atoms with van der Waals surface area (Å²) in [6.07, 6.45) is 5.87. The number of benzene rings is 1. The van der Waals surface area contributed by atoms with Crippen molar-refractivity contribution in [2.24, 2.45) is 7.05 Å². The zero-order valence-corrected chi connectivity index (χ0v) is 12.0. The molecule has 1 aliphatic rings. The molecular weight excluding hydrogens is 268 g/mol. The summed E-state index contributed by atoms with van der Waals surface area (Å²) in [5, 5.41) is 10.7. The third kappa shape index (κ3) is 2.74. The van der Waals surface area contributed by atoms with E-state index in [1.165, 1.54) is 5.56 Å². The Balaban J connectivity index is 1.65. The third-order valence-electron chi connectivity index (χ3n) is 4.15. The lowest BCUT2D eigenvalue weighted by atomic mass is 9.89. The van der Waals surface area contributed by atoms with Gasteiger partial charge in [-0.15, -0.1) is 0 Å². The number of imidazole rings is 1. The van der Waals surface area contributed by atoms with Crippen LogP contribution in [0.1, 0.15) is 24.3 Å². The Kier molecular flexibility index (Phi) is 3.60. The van der Waals surface area contributed by atoms with Crippen LogP contribution in [0.4, 0.5) is 11.6 Å². The number of anilines is 1. The van der Waals surface area contributed by atoms with Gasteiger partial charge >= 0.3 is 0 Å². The zero-order valence-electron chi connectivity index (χ0n) is 12.0. The molecule has 0 spiro atoms. The Hall–Kier alpha value is -2.37. The number of hydrogen-bond donors (Lipinski definition) is 0. The molecule has 1 aromatic carbocycles. The molecule has 2 aromatic rings. The van der Waals surface area contributed by atoms with Crippen LogP contribution in [0, 0.1) is 10.1 Å². The van der Waals surface area contributed by atoms with Crippen molar-refractivity contribution in [3.05, 3.63) is 52.3 Å². The summed E-state index contributed by atoms with van der Waals surface area (Å²) in [6, 6.07) is 6.97. The van der Waals surface area contributed by atoms with Crippen molar-refractivity contribution in [3.8, 4) is 0 Å². The van der Waals surface area contributed by atoms with Crippen molar-refractivity contribution in [3.63, 3.8) is 0 Å². The molecule has 0 atom stereocenters. The van der Waals surface area contributed by atoms with Crippen LogP contribution in [0.15, 0.2) is 36.7 Å². The number of non-ortho nitro benzene ring substituents is 1. The first-order valence-corrected chi connectivity index (χ1v) is 7.12. The van der Waals surface area contributed by atoms with Gasteiger partial charge in [-0.3, -0.25) is 10.1 Å². The molecule has 1 aromatic heterocycles. The fourth-order valence-electron chi connectivity index (χ4n) is 2.94. The molecule has 1 fully saturated rings. The first kappa shape index (κ1) is 13.6. The maximum Gasteiger partial charge on any atom is 0.269 e. The largest absolute Gasteiger partial charge is 0.342 e. The molecule has 0 bridgehead atoms. The number of hydrogen-bond acceptors (Lipinski definition) is 4. The van der Waals surface area contributed by atoms with Gasteiger partial charge in [0.15, 0.2) is 0 Å². The topological polar surface area (TPSA) is 64.2 Å². The lowest BCUT2D eigenvalue weighted by molar-refractivity contribution is -0.384. The molecule has 3 rings (SSSR count). The number of nitro benzene ring substituents is 1. The van der Waals surface area contributed by atoms with Crippen LogP contribution in [0.2, 0.25) is 0 Å². The van der Waals surface area contributed by atoms with Gasteiger partial charge in [-0.2, -0.15) is 0 Å². The van der Waals surface area contributed by atoms with Crippen LogP contribution in [-0.2, 0) is 7.05 Å². The summed E-state index contributed by atoms with van der Waals surface area (Å²) >= 11 is 0. The highest BCUT2D eigenvalue weighted by molar-refractivity contribution is 5.36. The van der Waals surface area contributed by atoms with E-state index in [-0.39, 0.29) is 10.6 Å². The molecule has 110 valence electrons. The molecule has 6 nitrogen and oxygen atoms in total. The highest BCUT2D eigenvalue weighted by Gasteiger charge is 2.23. The van der Waals surface area contributed by atoms with Crippen molar-refractivity contribution >= 4 is 11.6 Å². The molecule has 0 amide bonds. The van der Waals surface area contributed by atoms with E-state index in [2.05, 4.69) is 9.88 Å². The van der Waals surface area contributed by atoms with Crippen molar-refractivity contribution in [1.29, 1.82) is 0 Å². The quantitative estimate of drug-likeness (QED) is 0.643. The van der Waals surface area contributed by atoms with Crippen molar-refractivity contribution in [2.75, 3.05) is 18.0 Å². The van der Waals surface area contributed by atoms with E-state index in [4.69, 9.17) is 0 Å². The summed E-state index contributed by atoms with van der Waals surface area (Å²) in [6.45, 7) is 1.93. The fourth-order valence-corrected chi connectivity index (χ4v) is 2.94. The highest BCUT2D eigenvalue weighted by atomic mass is 16.6.